The first-order valence-corrected chi connectivity index (χ1v) is 7.86. The van der Waals surface area contributed by atoms with E-state index in [0.717, 1.165) is 60.6 Å². The largest absolute Gasteiger partial charge is 0.493 e. The highest BCUT2D eigenvalue weighted by molar-refractivity contribution is 6.32. The lowest BCUT2D eigenvalue weighted by molar-refractivity contribution is 0.313. The Bertz CT molecular complexity index is 494. The van der Waals surface area contributed by atoms with Crippen molar-refractivity contribution in [1.82, 2.24) is 0 Å². The zero-order valence-electron chi connectivity index (χ0n) is 13.1. The van der Waals surface area contributed by atoms with Gasteiger partial charge in [0.2, 0.25) is 0 Å². The van der Waals surface area contributed by atoms with Crippen LogP contribution in [0.2, 0.25) is 5.02 Å². The standard InChI is InChI=1S/C18H25ClO/c1-5-7-8-9-10-11-16-15(4)18(19)14(3)13-17(16)20-12-6-2/h13H,5-7,10-12H2,1-4H3. The molecule has 0 fully saturated rings. The van der Waals surface area contributed by atoms with Gasteiger partial charge in [0.25, 0.3) is 0 Å². The van der Waals surface area contributed by atoms with Gasteiger partial charge in [-0.2, -0.15) is 0 Å². The van der Waals surface area contributed by atoms with Gasteiger partial charge in [0, 0.05) is 17.9 Å². The molecule has 0 bridgehead atoms. The van der Waals surface area contributed by atoms with Crippen LogP contribution in [0.1, 0.15) is 56.2 Å². The third-order valence-electron chi connectivity index (χ3n) is 3.23. The molecule has 1 rings (SSSR count). The van der Waals surface area contributed by atoms with Gasteiger partial charge in [-0.25, -0.2) is 0 Å². The lowest BCUT2D eigenvalue weighted by atomic mass is 10.00. The predicted molar refractivity (Wildman–Crippen MR) is 87.7 cm³/mol. The summed E-state index contributed by atoms with van der Waals surface area (Å²) in [6, 6.07) is 2.06. The molecule has 0 spiro atoms. The van der Waals surface area contributed by atoms with Gasteiger partial charge in [-0.05, 0) is 55.9 Å². The quantitative estimate of drug-likeness (QED) is 0.631. The van der Waals surface area contributed by atoms with Crippen LogP contribution in [0.15, 0.2) is 6.07 Å². The van der Waals surface area contributed by atoms with E-state index in [4.69, 9.17) is 16.3 Å². The Labute approximate surface area is 128 Å². The molecule has 0 atom stereocenters. The van der Waals surface area contributed by atoms with Gasteiger partial charge in [0.1, 0.15) is 5.75 Å². The van der Waals surface area contributed by atoms with E-state index in [1.54, 1.807) is 0 Å². The summed E-state index contributed by atoms with van der Waals surface area (Å²) < 4.78 is 5.87. The van der Waals surface area contributed by atoms with Crippen molar-refractivity contribution >= 4 is 11.6 Å². The summed E-state index contributed by atoms with van der Waals surface area (Å²) in [6.07, 6.45) is 4.88. The maximum absolute atomic E-state index is 6.36. The zero-order valence-corrected chi connectivity index (χ0v) is 13.9. The second-order valence-electron chi connectivity index (χ2n) is 5.06. The molecule has 1 aromatic carbocycles. The van der Waals surface area contributed by atoms with Gasteiger partial charge >= 0.3 is 0 Å². The molecule has 1 aromatic rings. The number of hydrogen-bond donors (Lipinski definition) is 0. The number of hydrogen-bond acceptors (Lipinski definition) is 1. The predicted octanol–water partition coefficient (Wildman–Crippen LogP) is 5.48. The maximum Gasteiger partial charge on any atom is 0.123 e. The smallest absolute Gasteiger partial charge is 0.123 e. The van der Waals surface area contributed by atoms with Crippen LogP contribution in [0.5, 0.6) is 5.75 Å². The molecule has 110 valence electrons. The van der Waals surface area contributed by atoms with Crippen molar-refractivity contribution < 1.29 is 4.74 Å². The minimum Gasteiger partial charge on any atom is -0.493 e. The Kier molecular flexibility index (Phi) is 7.55. The second-order valence-corrected chi connectivity index (χ2v) is 5.44. The third-order valence-corrected chi connectivity index (χ3v) is 3.82. The molecule has 0 heterocycles. The van der Waals surface area contributed by atoms with Crippen molar-refractivity contribution in [2.45, 2.75) is 59.8 Å². The van der Waals surface area contributed by atoms with Crippen molar-refractivity contribution in [3.8, 4) is 17.6 Å². The average molecular weight is 293 g/mol. The summed E-state index contributed by atoms with van der Waals surface area (Å²) in [7, 11) is 0. The summed E-state index contributed by atoms with van der Waals surface area (Å²) in [5.41, 5.74) is 3.42. The van der Waals surface area contributed by atoms with Gasteiger partial charge in [0.15, 0.2) is 0 Å². The maximum atomic E-state index is 6.36. The summed E-state index contributed by atoms with van der Waals surface area (Å²) in [4.78, 5) is 0. The van der Waals surface area contributed by atoms with Crippen LogP contribution in [0.4, 0.5) is 0 Å². The van der Waals surface area contributed by atoms with Gasteiger partial charge in [-0.3, -0.25) is 0 Å². The first-order chi connectivity index (χ1) is 9.61. The fourth-order valence-corrected chi connectivity index (χ4v) is 2.27. The van der Waals surface area contributed by atoms with Crippen LogP contribution in [-0.2, 0) is 6.42 Å². The zero-order chi connectivity index (χ0) is 15.0. The van der Waals surface area contributed by atoms with E-state index in [9.17, 15) is 0 Å². The van der Waals surface area contributed by atoms with E-state index in [2.05, 4.69) is 38.7 Å². The minimum absolute atomic E-state index is 0.745. The fourth-order valence-electron chi connectivity index (χ4n) is 2.10. The molecule has 0 unspecified atom stereocenters. The first kappa shape index (κ1) is 16.9. The number of aryl methyl sites for hydroxylation is 1. The average Bonchev–Trinajstić information content (AvgIpc) is 2.44. The molecule has 0 saturated carbocycles. The van der Waals surface area contributed by atoms with Crippen molar-refractivity contribution in [1.29, 1.82) is 0 Å². The molecular formula is C18H25ClO. The van der Waals surface area contributed by atoms with Gasteiger partial charge in [-0.1, -0.05) is 25.4 Å². The van der Waals surface area contributed by atoms with Crippen LogP contribution in [0.25, 0.3) is 0 Å². The molecule has 0 radical (unpaired) electrons. The second kappa shape index (κ2) is 8.93. The van der Waals surface area contributed by atoms with Gasteiger partial charge in [0.05, 0.1) is 6.61 Å². The number of halogens is 1. The van der Waals surface area contributed by atoms with Crippen molar-refractivity contribution in [3.05, 3.63) is 27.8 Å². The van der Waals surface area contributed by atoms with E-state index in [1.165, 1.54) is 5.56 Å². The first-order valence-electron chi connectivity index (χ1n) is 7.48. The normalized spacial score (nSPS) is 10.1. The Hall–Kier alpha value is -1.13. The highest BCUT2D eigenvalue weighted by Crippen LogP contribution is 2.32. The molecule has 2 heteroatoms. The van der Waals surface area contributed by atoms with Gasteiger partial charge in [-0.15, -0.1) is 11.8 Å². The molecule has 0 aromatic heterocycles. The number of ether oxygens (including phenoxy) is 1. The van der Waals surface area contributed by atoms with Gasteiger partial charge < -0.3 is 4.74 Å². The molecule has 20 heavy (non-hydrogen) atoms. The molecule has 0 amide bonds. The highest BCUT2D eigenvalue weighted by Gasteiger charge is 2.12. The fraction of sp³-hybridized carbons (Fsp3) is 0.556. The number of rotatable bonds is 6. The lowest BCUT2D eigenvalue weighted by Gasteiger charge is -2.16. The Morgan fingerprint density at radius 1 is 1.10 bits per heavy atom. The minimum atomic E-state index is 0.745. The van der Waals surface area contributed by atoms with Crippen molar-refractivity contribution in [2.24, 2.45) is 0 Å². The van der Waals surface area contributed by atoms with Crippen LogP contribution in [0.3, 0.4) is 0 Å². The lowest BCUT2D eigenvalue weighted by Crippen LogP contribution is -2.02. The SMILES string of the molecule is CCCC#CCCc1c(OCCC)cc(C)c(Cl)c1C. The molecule has 0 saturated heterocycles. The molecule has 0 aliphatic heterocycles. The number of unbranched alkanes of at least 4 members (excludes halogenated alkanes) is 1. The number of benzene rings is 1. The molecule has 1 nitrogen and oxygen atoms in total. The molecular weight excluding hydrogens is 268 g/mol. The Morgan fingerprint density at radius 3 is 2.45 bits per heavy atom. The van der Waals surface area contributed by atoms with E-state index < -0.39 is 0 Å². The van der Waals surface area contributed by atoms with Crippen LogP contribution in [-0.4, -0.2) is 6.61 Å². The van der Waals surface area contributed by atoms with Crippen LogP contribution in [0, 0.1) is 25.7 Å². The van der Waals surface area contributed by atoms with Crippen molar-refractivity contribution in [2.75, 3.05) is 6.61 Å². The monoisotopic (exact) mass is 292 g/mol. The van der Waals surface area contributed by atoms with E-state index in [0.29, 0.717) is 0 Å². The summed E-state index contributed by atoms with van der Waals surface area (Å²) >= 11 is 6.36. The van der Waals surface area contributed by atoms with Crippen LogP contribution >= 0.6 is 11.6 Å². The molecule has 0 aliphatic rings. The highest BCUT2D eigenvalue weighted by atomic mass is 35.5. The topological polar surface area (TPSA) is 9.23 Å². The van der Waals surface area contributed by atoms with E-state index in [-0.39, 0.29) is 0 Å². The van der Waals surface area contributed by atoms with Crippen LogP contribution < -0.4 is 4.74 Å². The summed E-state index contributed by atoms with van der Waals surface area (Å²) in [5, 5.41) is 0.852. The summed E-state index contributed by atoms with van der Waals surface area (Å²) in [5.74, 6) is 7.40. The van der Waals surface area contributed by atoms with Crippen molar-refractivity contribution in [3.63, 3.8) is 0 Å². The third kappa shape index (κ3) is 4.76. The Morgan fingerprint density at radius 2 is 1.80 bits per heavy atom. The molecule has 0 N–H and O–H groups in total. The van der Waals surface area contributed by atoms with E-state index >= 15 is 0 Å². The molecule has 0 aliphatic carbocycles. The van der Waals surface area contributed by atoms with E-state index in [1.807, 2.05) is 6.92 Å². The summed E-state index contributed by atoms with van der Waals surface area (Å²) in [6.45, 7) is 9.11. The Balaban J connectivity index is 2.91.